The Morgan fingerprint density at radius 2 is 2.00 bits per heavy atom. The Morgan fingerprint density at radius 1 is 1.24 bits per heavy atom. The lowest BCUT2D eigenvalue weighted by atomic mass is 9.92. The fourth-order valence-corrected chi connectivity index (χ4v) is 3.32. The smallest absolute Gasteiger partial charge is 0.226 e. The molecule has 0 saturated heterocycles. The van der Waals surface area contributed by atoms with E-state index in [1.807, 2.05) is 61.1 Å². The van der Waals surface area contributed by atoms with Gasteiger partial charge in [0.2, 0.25) is 5.91 Å². The number of halogens is 1. The summed E-state index contributed by atoms with van der Waals surface area (Å²) in [5, 5.41) is 8.05. The van der Waals surface area contributed by atoms with Crippen LogP contribution in [0.15, 0.2) is 47.0 Å². The number of furan rings is 1. The zero-order chi connectivity index (χ0) is 17.6. The van der Waals surface area contributed by atoms with Gasteiger partial charge in [-0.1, -0.05) is 11.6 Å². The number of amides is 1. The van der Waals surface area contributed by atoms with Crippen LogP contribution in [0.4, 0.5) is 5.82 Å². The van der Waals surface area contributed by atoms with Crippen molar-refractivity contribution < 1.29 is 9.21 Å². The van der Waals surface area contributed by atoms with Gasteiger partial charge < -0.3 is 9.73 Å². The van der Waals surface area contributed by atoms with Gasteiger partial charge in [0.25, 0.3) is 0 Å². The maximum atomic E-state index is 12.2. The molecule has 5 nitrogen and oxygen atoms in total. The number of benzene rings is 1. The molecule has 25 heavy (non-hydrogen) atoms. The number of anilines is 1. The van der Waals surface area contributed by atoms with E-state index < -0.39 is 0 Å². The minimum atomic E-state index is -0.127. The van der Waals surface area contributed by atoms with E-state index in [-0.39, 0.29) is 17.9 Å². The van der Waals surface area contributed by atoms with Gasteiger partial charge >= 0.3 is 0 Å². The molecule has 1 N–H and O–H groups in total. The predicted octanol–water partition coefficient (Wildman–Crippen LogP) is 4.85. The molecule has 6 heteroatoms. The number of hydrogen-bond donors (Lipinski definition) is 1. The summed E-state index contributed by atoms with van der Waals surface area (Å²) < 4.78 is 7.90. The Labute approximate surface area is 150 Å². The first kappa shape index (κ1) is 16.0. The highest BCUT2D eigenvalue weighted by molar-refractivity contribution is 6.30. The van der Waals surface area contributed by atoms with Crippen molar-refractivity contribution in [1.82, 2.24) is 9.78 Å². The van der Waals surface area contributed by atoms with Crippen molar-refractivity contribution in [3.05, 3.63) is 58.9 Å². The van der Waals surface area contributed by atoms with E-state index >= 15 is 0 Å². The Kier molecular flexibility index (Phi) is 3.88. The summed E-state index contributed by atoms with van der Waals surface area (Å²) in [5.41, 5.74) is 1.94. The second-order valence-corrected chi connectivity index (χ2v) is 6.94. The van der Waals surface area contributed by atoms with E-state index in [1.165, 1.54) is 0 Å². The molecule has 0 spiro atoms. The summed E-state index contributed by atoms with van der Waals surface area (Å²) in [5.74, 6) is 2.14. The molecule has 0 bridgehead atoms. The molecule has 0 fully saturated rings. The molecule has 0 aliphatic carbocycles. The van der Waals surface area contributed by atoms with Crippen molar-refractivity contribution in [3.63, 3.8) is 0 Å². The molecular formula is C19H18ClN3O2. The van der Waals surface area contributed by atoms with Gasteiger partial charge in [0.15, 0.2) is 0 Å². The summed E-state index contributed by atoms with van der Waals surface area (Å²) in [4.78, 5) is 12.2. The van der Waals surface area contributed by atoms with Gasteiger partial charge in [0.1, 0.15) is 17.3 Å². The van der Waals surface area contributed by atoms with Crippen LogP contribution in [-0.2, 0) is 4.79 Å². The third kappa shape index (κ3) is 2.85. The quantitative estimate of drug-likeness (QED) is 0.730. The van der Waals surface area contributed by atoms with E-state index in [9.17, 15) is 4.79 Å². The van der Waals surface area contributed by atoms with Crippen LogP contribution in [0.3, 0.4) is 0 Å². The van der Waals surface area contributed by atoms with Crippen LogP contribution in [0.2, 0.25) is 5.02 Å². The zero-order valence-corrected chi connectivity index (χ0v) is 14.7. The number of aromatic nitrogens is 2. The number of fused-ring (bicyclic) bond motifs is 1. The van der Waals surface area contributed by atoms with Gasteiger partial charge in [0.05, 0.1) is 12.1 Å². The van der Waals surface area contributed by atoms with Gasteiger partial charge in [-0.3, -0.25) is 4.79 Å². The Hall–Kier alpha value is -2.53. The third-order valence-corrected chi connectivity index (χ3v) is 4.69. The van der Waals surface area contributed by atoms with Crippen molar-refractivity contribution in [2.45, 2.75) is 32.2 Å². The second kappa shape index (κ2) is 6.08. The van der Waals surface area contributed by atoms with Crippen molar-refractivity contribution in [2.24, 2.45) is 0 Å². The number of nitrogens with one attached hydrogen (secondary N) is 1. The van der Waals surface area contributed by atoms with Crippen LogP contribution in [0.25, 0.3) is 11.3 Å². The summed E-state index contributed by atoms with van der Waals surface area (Å²) in [6, 6.07) is 11.5. The lowest BCUT2D eigenvalue weighted by Crippen LogP contribution is -2.25. The molecule has 1 aliphatic heterocycles. The minimum absolute atomic E-state index is 0.0238. The molecular weight excluding hydrogens is 338 g/mol. The molecule has 0 radical (unpaired) electrons. The van der Waals surface area contributed by atoms with Gasteiger partial charge in [0, 0.05) is 28.6 Å². The molecule has 3 aromatic rings. The average molecular weight is 356 g/mol. The summed E-state index contributed by atoms with van der Waals surface area (Å²) >= 11 is 5.94. The van der Waals surface area contributed by atoms with Crippen LogP contribution < -0.4 is 5.32 Å². The summed E-state index contributed by atoms with van der Waals surface area (Å²) in [6.45, 7) is 4.07. The van der Waals surface area contributed by atoms with Gasteiger partial charge in [-0.2, -0.15) is 5.10 Å². The number of hydrogen-bond acceptors (Lipinski definition) is 3. The molecule has 4 rings (SSSR count). The largest absolute Gasteiger partial charge is 0.460 e. The van der Waals surface area contributed by atoms with E-state index in [0.717, 1.165) is 28.5 Å². The molecule has 1 aromatic carbocycles. The van der Waals surface area contributed by atoms with Crippen molar-refractivity contribution in [3.8, 4) is 11.3 Å². The predicted molar refractivity (Wildman–Crippen MR) is 96.9 cm³/mol. The first-order valence-corrected chi connectivity index (χ1v) is 8.63. The SMILES string of the molecule is CC(C)n1ncc2c1NC(=O)CC2c1ccc(-c2ccc(Cl)cc2)o1. The lowest BCUT2D eigenvalue weighted by molar-refractivity contribution is -0.116. The standard InChI is InChI=1S/C19H18ClN3O2/c1-11(2)23-19-15(10-21-23)14(9-18(24)22-19)17-8-7-16(25-17)12-3-5-13(20)6-4-12/h3-8,10-11,14H,9H2,1-2H3,(H,22,24). The number of carbonyl (C=O) groups is 1. The first-order chi connectivity index (χ1) is 12.0. The third-order valence-electron chi connectivity index (χ3n) is 4.43. The molecule has 1 unspecified atom stereocenters. The Balaban J connectivity index is 1.71. The molecule has 1 atom stereocenters. The molecule has 2 aromatic heterocycles. The van der Waals surface area contributed by atoms with Crippen molar-refractivity contribution in [2.75, 3.05) is 5.32 Å². The van der Waals surface area contributed by atoms with Crippen LogP contribution in [0, 0.1) is 0 Å². The Bertz CT molecular complexity index is 925. The fourth-order valence-electron chi connectivity index (χ4n) is 3.19. The van der Waals surface area contributed by atoms with Crippen LogP contribution >= 0.6 is 11.6 Å². The minimum Gasteiger partial charge on any atom is -0.460 e. The lowest BCUT2D eigenvalue weighted by Gasteiger charge is -2.23. The van der Waals surface area contributed by atoms with Crippen LogP contribution in [-0.4, -0.2) is 15.7 Å². The maximum Gasteiger partial charge on any atom is 0.226 e. The normalized spacial score (nSPS) is 16.8. The van der Waals surface area contributed by atoms with Crippen molar-refractivity contribution >= 4 is 23.3 Å². The zero-order valence-electron chi connectivity index (χ0n) is 14.0. The number of carbonyl (C=O) groups excluding carboxylic acids is 1. The number of rotatable bonds is 3. The van der Waals surface area contributed by atoms with E-state index in [2.05, 4.69) is 10.4 Å². The van der Waals surface area contributed by atoms with Crippen molar-refractivity contribution in [1.29, 1.82) is 0 Å². The highest BCUT2D eigenvalue weighted by Gasteiger charge is 2.32. The fraction of sp³-hybridized carbons (Fsp3) is 0.263. The maximum absolute atomic E-state index is 12.2. The summed E-state index contributed by atoms with van der Waals surface area (Å²) in [6.07, 6.45) is 2.17. The number of nitrogens with zero attached hydrogens (tertiary/aromatic N) is 2. The van der Waals surface area contributed by atoms with Crippen LogP contribution in [0.5, 0.6) is 0 Å². The topological polar surface area (TPSA) is 60.1 Å². The average Bonchev–Trinajstić information content (AvgIpc) is 3.21. The van der Waals surface area contributed by atoms with E-state index in [4.69, 9.17) is 16.0 Å². The second-order valence-electron chi connectivity index (χ2n) is 6.50. The first-order valence-electron chi connectivity index (χ1n) is 8.26. The summed E-state index contributed by atoms with van der Waals surface area (Å²) in [7, 11) is 0. The molecule has 3 heterocycles. The van der Waals surface area contributed by atoms with E-state index in [1.54, 1.807) is 0 Å². The highest BCUT2D eigenvalue weighted by atomic mass is 35.5. The molecule has 1 aliphatic rings. The molecule has 128 valence electrons. The monoisotopic (exact) mass is 355 g/mol. The Morgan fingerprint density at radius 3 is 2.72 bits per heavy atom. The molecule has 0 saturated carbocycles. The highest BCUT2D eigenvalue weighted by Crippen LogP contribution is 2.39. The van der Waals surface area contributed by atoms with E-state index in [0.29, 0.717) is 11.4 Å². The van der Waals surface area contributed by atoms with Crippen LogP contribution in [0.1, 0.15) is 43.6 Å². The van der Waals surface area contributed by atoms with Gasteiger partial charge in [-0.05, 0) is 50.2 Å². The molecule has 1 amide bonds. The van der Waals surface area contributed by atoms with Gasteiger partial charge in [-0.25, -0.2) is 4.68 Å². The van der Waals surface area contributed by atoms with Gasteiger partial charge in [-0.15, -0.1) is 0 Å².